The van der Waals surface area contributed by atoms with E-state index in [0.29, 0.717) is 19.3 Å². The summed E-state index contributed by atoms with van der Waals surface area (Å²) in [4.78, 5) is 23.1. The van der Waals surface area contributed by atoms with Crippen LogP contribution in [0, 0.1) is 10.8 Å². The third-order valence-corrected chi connectivity index (χ3v) is 8.45. The summed E-state index contributed by atoms with van der Waals surface area (Å²) < 4.78 is -0.702. The van der Waals surface area contributed by atoms with Crippen LogP contribution in [0.15, 0.2) is 0 Å². The fraction of sp³-hybridized carbons (Fsp3) is 0.800. The van der Waals surface area contributed by atoms with E-state index in [9.17, 15) is 19.8 Å². The van der Waals surface area contributed by atoms with Crippen LogP contribution in [0.3, 0.4) is 0 Å². The molecule has 4 saturated carbocycles. The van der Waals surface area contributed by atoms with Crippen molar-refractivity contribution in [1.82, 2.24) is 0 Å². The van der Waals surface area contributed by atoms with Gasteiger partial charge in [0, 0.05) is 6.84 Å². The average Bonchev–Trinajstić information content (AvgIpc) is 2.64. The zero-order valence-corrected chi connectivity index (χ0v) is 12.6. The van der Waals surface area contributed by atoms with E-state index >= 15 is 0 Å². The van der Waals surface area contributed by atoms with E-state index in [1.807, 2.05) is 0 Å². The molecule has 2 N–H and O–H groups in total. The van der Waals surface area contributed by atoms with Gasteiger partial charge in [-0.1, -0.05) is 45.2 Å². The molecule has 88 valence electrons. The Morgan fingerprint density at radius 2 is 1.19 bits per heavy atom. The smallest absolute Gasteiger partial charge is 0.311 e. The summed E-state index contributed by atoms with van der Waals surface area (Å²) >= 11 is 4.42. The lowest BCUT2D eigenvalue weighted by Crippen LogP contribution is -2.40. The molecule has 4 atom stereocenters. The van der Waals surface area contributed by atoms with Crippen LogP contribution in [0.5, 0.6) is 0 Å². The first-order valence-corrected chi connectivity index (χ1v) is 7.22. The zero-order valence-electron chi connectivity index (χ0n) is 8.30. The van der Waals surface area contributed by atoms with Gasteiger partial charge in [0.1, 0.15) is 0 Å². The molecule has 0 heterocycles. The van der Waals surface area contributed by atoms with Crippen molar-refractivity contribution in [3.63, 3.8) is 0 Å². The maximum atomic E-state index is 11.5. The van der Waals surface area contributed by atoms with Crippen LogP contribution in [0.25, 0.3) is 0 Å². The predicted molar refractivity (Wildman–Crippen MR) is 72.1 cm³/mol. The Balaban J connectivity index is 2.22. The maximum Gasteiger partial charge on any atom is 0.311 e. The van der Waals surface area contributed by atoms with Gasteiger partial charge in [0.25, 0.3) is 0 Å². The third kappa shape index (κ3) is 0.874. The SMILES string of the molecule is O=C(O)C12CC3(I)CC1(I)CC3(C(=O)O)C2. The molecule has 0 aromatic heterocycles. The van der Waals surface area contributed by atoms with Gasteiger partial charge in [-0.3, -0.25) is 9.59 Å². The quantitative estimate of drug-likeness (QED) is 0.502. The average molecular weight is 448 g/mol. The van der Waals surface area contributed by atoms with Crippen molar-refractivity contribution in [2.75, 3.05) is 0 Å². The lowest BCUT2D eigenvalue weighted by molar-refractivity contribution is -0.149. The Bertz CT molecular complexity index is 401. The summed E-state index contributed by atoms with van der Waals surface area (Å²) in [6.07, 6.45) is 2.08. The molecule has 4 aliphatic rings. The molecule has 0 aromatic rings. The van der Waals surface area contributed by atoms with E-state index in [4.69, 9.17) is 0 Å². The topological polar surface area (TPSA) is 74.6 Å². The van der Waals surface area contributed by atoms with Crippen LogP contribution in [-0.2, 0) is 9.59 Å². The van der Waals surface area contributed by atoms with Crippen LogP contribution in [0.1, 0.15) is 25.7 Å². The van der Waals surface area contributed by atoms with E-state index < -0.39 is 22.8 Å². The monoisotopic (exact) mass is 448 g/mol. The van der Waals surface area contributed by atoms with E-state index in [1.54, 1.807) is 0 Å². The fourth-order valence-electron chi connectivity index (χ4n) is 4.16. The first-order valence-electron chi connectivity index (χ1n) is 5.06. The number of carboxylic acid groups (broad SMARTS) is 2. The molecule has 0 aromatic carbocycles. The Kier molecular flexibility index (Phi) is 1.94. The van der Waals surface area contributed by atoms with Crippen molar-refractivity contribution in [3.05, 3.63) is 0 Å². The van der Waals surface area contributed by atoms with Crippen molar-refractivity contribution >= 4 is 57.1 Å². The molecular weight excluding hydrogens is 438 g/mol. The molecule has 0 radical (unpaired) electrons. The van der Waals surface area contributed by atoms with Gasteiger partial charge in [0.2, 0.25) is 0 Å². The van der Waals surface area contributed by atoms with Gasteiger partial charge in [-0.2, -0.15) is 0 Å². The summed E-state index contributed by atoms with van der Waals surface area (Å²) in [6, 6.07) is 0. The number of alkyl halides is 2. The standard InChI is InChI=1S/C10H10I2O4/c11-9-2-7(5(13)14)1-8(9,6(15)16)3-10(7,12)4-9/h1-4H2,(H,13,14)(H,15,16). The van der Waals surface area contributed by atoms with Gasteiger partial charge in [-0.15, -0.1) is 0 Å². The highest BCUT2D eigenvalue weighted by molar-refractivity contribution is 14.1. The summed E-state index contributed by atoms with van der Waals surface area (Å²) in [6.45, 7) is 0. The summed E-state index contributed by atoms with van der Waals surface area (Å²) in [5.41, 5.74) is -1.60. The molecule has 4 rings (SSSR count). The van der Waals surface area contributed by atoms with Gasteiger partial charge in [0.15, 0.2) is 0 Å². The molecule has 6 heteroatoms. The van der Waals surface area contributed by atoms with Crippen molar-refractivity contribution in [2.45, 2.75) is 32.5 Å². The van der Waals surface area contributed by atoms with Crippen LogP contribution in [0.2, 0.25) is 0 Å². The number of halogens is 2. The maximum absolute atomic E-state index is 11.5. The number of carbonyl (C=O) groups is 2. The number of hydrogen-bond acceptors (Lipinski definition) is 2. The van der Waals surface area contributed by atoms with Crippen molar-refractivity contribution in [1.29, 1.82) is 0 Å². The van der Waals surface area contributed by atoms with Crippen LogP contribution < -0.4 is 0 Å². The van der Waals surface area contributed by atoms with Crippen LogP contribution >= 0.6 is 45.2 Å². The highest BCUT2D eigenvalue weighted by Crippen LogP contribution is 2.84. The minimum atomic E-state index is -0.805. The Morgan fingerprint density at radius 1 is 0.812 bits per heavy atom. The minimum Gasteiger partial charge on any atom is -0.481 e. The minimum absolute atomic E-state index is 0.316. The second-order valence-electron chi connectivity index (χ2n) is 5.41. The van der Waals surface area contributed by atoms with Gasteiger partial charge >= 0.3 is 11.9 Å². The lowest BCUT2D eigenvalue weighted by Gasteiger charge is -2.31. The van der Waals surface area contributed by atoms with Crippen molar-refractivity contribution in [2.24, 2.45) is 10.8 Å². The summed E-state index contributed by atoms with van der Waals surface area (Å²) in [5, 5.41) is 18.9. The molecule has 16 heavy (non-hydrogen) atoms. The van der Waals surface area contributed by atoms with E-state index in [0.717, 1.165) is 6.42 Å². The third-order valence-electron chi connectivity index (χ3n) is 4.86. The molecule has 0 saturated heterocycles. The number of aliphatic carboxylic acids is 2. The molecule has 4 aliphatic carbocycles. The summed E-state index contributed by atoms with van der Waals surface area (Å²) in [7, 11) is 0. The van der Waals surface area contributed by atoms with Gasteiger partial charge in [-0.05, 0) is 25.7 Å². The number of rotatable bonds is 2. The molecular formula is C10H10I2O4. The van der Waals surface area contributed by atoms with Crippen LogP contribution in [-0.4, -0.2) is 29.0 Å². The van der Waals surface area contributed by atoms with Gasteiger partial charge in [0.05, 0.1) is 10.8 Å². The molecule has 4 fully saturated rings. The number of hydrogen-bond donors (Lipinski definition) is 2. The summed E-state index contributed by atoms with van der Waals surface area (Å²) in [5.74, 6) is -1.61. The zero-order chi connectivity index (χ0) is 12.0. The second-order valence-corrected chi connectivity index (χ2v) is 9.54. The largest absolute Gasteiger partial charge is 0.481 e. The van der Waals surface area contributed by atoms with E-state index in [2.05, 4.69) is 45.2 Å². The lowest BCUT2D eigenvalue weighted by atomic mass is 9.80. The molecule has 0 spiro atoms. The molecule has 4 unspecified atom stereocenters. The fourth-order valence-corrected chi connectivity index (χ4v) is 8.72. The van der Waals surface area contributed by atoms with Crippen molar-refractivity contribution < 1.29 is 19.8 Å². The Morgan fingerprint density at radius 3 is 1.38 bits per heavy atom. The molecule has 4 bridgehead atoms. The highest BCUT2D eigenvalue weighted by atomic mass is 127. The molecule has 4 nitrogen and oxygen atoms in total. The first-order chi connectivity index (χ1) is 7.22. The van der Waals surface area contributed by atoms with E-state index in [-0.39, 0.29) is 6.84 Å². The van der Waals surface area contributed by atoms with Gasteiger partial charge in [-0.25, -0.2) is 0 Å². The molecule has 0 amide bonds. The Hall–Kier alpha value is 0.400. The predicted octanol–water partition coefficient (Wildman–Crippen LogP) is 2.08. The van der Waals surface area contributed by atoms with Crippen LogP contribution in [0.4, 0.5) is 0 Å². The Labute approximate surface area is 119 Å². The number of carboxylic acids is 2. The first kappa shape index (κ1) is 11.5. The molecule has 0 aliphatic heterocycles. The van der Waals surface area contributed by atoms with E-state index in [1.165, 1.54) is 0 Å². The highest BCUT2D eigenvalue weighted by Gasteiger charge is 2.87. The second kappa shape index (κ2) is 2.70. The van der Waals surface area contributed by atoms with Gasteiger partial charge < -0.3 is 10.2 Å². The normalized spacial score (nSPS) is 57.1. The van der Waals surface area contributed by atoms with Crippen molar-refractivity contribution in [3.8, 4) is 0 Å².